The van der Waals surface area contributed by atoms with Gasteiger partial charge in [0.2, 0.25) is 0 Å². The third-order valence-corrected chi connectivity index (χ3v) is 2.24. The third kappa shape index (κ3) is 5.93. The Bertz CT molecular complexity index is 284. The molecular weight excluding hydrogens is 184 g/mol. The largest absolute Gasteiger partial charge is 0.380 e. The van der Waals surface area contributed by atoms with Gasteiger partial charge in [-0.1, -0.05) is 30.3 Å². The van der Waals surface area contributed by atoms with Gasteiger partial charge in [-0.15, -0.1) is 12.3 Å². The van der Waals surface area contributed by atoms with Gasteiger partial charge >= 0.3 is 0 Å². The predicted molar refractivity (Wildman–Crippen MR) is 63.6 cm³/mol. The zero-order valence-corrected chi connectivity index (χ0v) is 9.11. The zero-order valence-electron chi connectivity index (χ0n) is 9.11. The summed E-state index contributed by atoms with van der Waals surface area (Å²) in [6.45, 7) is 1.52. The molecule has 1 aromatic carbocycles. The Morgan fingerprint density at radius 3 is 2.60 bits per heavy atom. The van der Waals surface area contributed by atoms with Crippen molar-refractivity contribution in [3.63, 3.8) is 0 Å². The van der Waals surface area contributed by atoms with E-state index in [2.05, 4.69) is 30.2 Å². The van der Waals surface area contributed by atoms with Crippen molar-refractivity contribution < 1.29 is 4.74 Å². The van der Waals surface area contributed by atoms with E-state index in [-0.39, 0.29) is 0 Å². The van der Waals surface area contributed by atoms with Gasteiger partial charge in [-0.3, -0.25) is 0 Å². The van der Waals surface area contributed by atoms with Crippen LogP contribution in [0.5, 0.6) is 0 Å². The Balaban J connectivity index is 1.96. The van der Waals surface area contributed by atoms with Crippen LogP contribution in [-0.2, 0) is 11.2 Å². The van der Waals surface area contributed by atoms with E-state index in [9.17, 15) is 0 Å². The highest BCUT2D eigenvalue weighted by Gasteiger charge is 1.92. The van der Waals surface area contributed by atoms with Gasteiger partial charge < -0.3 is 4.74 Å². The topological polar surface area (TPSA) is 9.23 Å². The van der Waals surface area contributed by atoms with Crippen molar-refractivity contribution in [3.05, 3.63) is 35.9 Å². The smallest absolute Gasteiger partial charge is 0.0575 e. The summed E-state index contributed by atoms with van der Waals surface area (Å²) in [5, 5.41) is 0. The van der Waals surface area contributed by atoms with Crippen LogP contribution in [-0.4, -0.2) is 13.2 Å². The quantitative estimate of drug-likeness (QED) is 0.488. The van der Waals surface area contributed by atoms with Crippen LogP contribution in [0.4, 0.5) is 0 Å². The van der Waals surface area contributed by atoms with E-state index in [1.165, 1.54) is 12.0 Å². The van der Waals surface area contributed by atoms with Crippen molar-refractivity contribution in [2.24, 2.45) is 0 Å². The number of terminal acetylenes is 1. The van der Waals surface area contributed by atoms with Gasteiger partial charge in [-0.05, 0) is 24.8 Å². The monoisotopic (exact) mass is 202 g/mol. The molecule has 0 N–H and O–H groups in total. The fraction of sp³-hybridized carbons (Fsp3) is 0.429. The highest BCUT2D eigenvalue weighted by molar-refractivity contribution is 5.14. The van der Waals surface area contributed by atoms with E-state index >= 15 is 0 Å². The van der Waals surface area contributed by atoms with E-state index in [1.54, 1.807) is 0 Å². The highest BCUT2D eigenvalue weighted by Crippen LogP contribution is 2.04. The first kappa shape index (κ1) is 11.8. The maximum Gasteiger partial charge on any atom is 0.0575 e. The summed E-state index contributed by atoms with van der Waals surface area (Å²) in [6, 6.07) is 10.5. The number of unbranched alkanes of at least 4 members (excludes halogenated alkanes) is 1. The molecule has 1 heteroatoms. The molecule has 0 aliphatic rings. The summed E-state index contributed by atoms with van der Waals surface area (Å²) in [4.78, 5) is 0. The van der Waals surface area contributed by atoms with E-state index in [0.717, 1.165) is 25.9 Å². The highest BCUT2D eigenvalue weighted by atomic mass is 16.5. The molecule has 0 radical (unpaired) electrons. The Morgan fingerprint density at radius 1 is 1.07 bits per heavy atom. The normalized spacial score (nSPS) is 9.80. The van der Waals surface area contributed by atoms with Crippen LogP contribution in [0.25, 0.3) is 0 Å². The van der Waals surface area contributed by atoms with Crippen molar-refractivity contribution in [3.8, 4) is 12.3 Å². The second-order valence-electron chi connectivity index (χ2n) is 3.51. The Kier molecular flexibility index (Phi) is 6.36. The molecule has 1 aromatic rings. The van der Waals surface area contributed by atoms with Gasteiger partial charge in [0.15, 0.2) is 0 Å². The Labute approximate surface area is 92.5 Å². The van der Waals surface area contributed by atoms with Gasteiger partial charge in [0.25, 0.3) is 0 Å². The first-order valence-electron chi connectivity index (χ1n) is 5.48. The number of ether oxygens (including phenoxy) is 1. The van der Waals surface area contributed by atoms with E-state index < -0.39 is 0 Å². The number of aryl methyl sites for hydroxylation is 1. The van der Waals surface area contributed by atoms with Gasteiger partial charge in [-0.25, -0.2) is 0 Å². The minimum absolute atomic E-state index is 0.696. The molecule has 0 fully saturated rings. The molecule has 0 aliphatic carbocycles. The molecule has 0 heterocycles. The number of hydrogen-bond acceptors (Lipinski definition) is 1. The maximum absolute atomic E-state index is 5.37. The molecule has 0 unspecified atom stereocenters. The van der Waals surface area contributed by atoms with Gasteiger partial charge in [0, 0.05) is 13.0 Å². The molecule has 0 bridgehead atoms. The van der Waals surface area contributed by atoms with Crippen LogP contribution >= 0.6 is 0 Å². The summed E-state index contributed by atoms with van der Waals surface area (Å²) in [5.74, 6) is 2.56. The lowest BCUT2D eigenvalue weighted by Gasteiger charge is -2.02. The van der Waals surface area contributed by atoms with Crippen LogP contribution < -0.4 is 0 Å². The van der Waals surface area contributed by atoms with Gasteiger partial charge in [-0.2, -0.15) is 0 Å². The predicted octanol–water partition coefficient (Wildman–Crippen LogP) is 3.05. The van der Waals surface area contributed by atoms with Gasteiger partial charge in [0.1, 0.15) is 0 Å². The molecule has 0 aromatic heterocycles. The van der Waals surface area contributed by atoms with E-state index in [1.807, 2.05) is 6.07 Å². The van der Waals surface area contributed by atoms with Crippen molar-refractivity contribution >= 4 is 0 Å². The lowest BCUT2D eigenvalue weighted by molar-refractivity contribution is 0.136. The molecule has 1 nitrogen and oxygen atoms in total. The molecule has 1 rings (SSSR count). The average molecular weight is 202 g/mol. The summed E-state index contributed by atoms with van der Waals surface area (Å²) in [6.07, 6.45) is 9.27. The molecule has 15 heavy (non-hydrogen) atoms. The summed E-state index contributed by atoms with van der Waals surface area (Å²) in [5.41, 5.74) is 1.40. The van der Waals surface area contributed by atoms with Crippen molar-refractivity contribution in [1.29, 1.82) is 0 Å². The lowest BCUT2D eigenvalue weighted by atomic mass is 10.1. The number of benzene rings is 1. The molecule has 0 saturated carbocycles. The molecule has 0 aliphatic heterocycles. The van der Waals surface area contributed by atoms with Crippen molar-refractivity contribution in [2.75, 3.05) is 13.2 Å². The third-order valence-electron chi connectivity index (χ3n) is 2.24. The number of rotatable bonds is 7. The first-order chi connectivity index (χ1) is 7.43. The second-order valence-corrected chi connectivity index (χ2v) is 3.51. The maximum atomic E-state index is 5.37. The Hall–Kier alpha value is -1.26. The molecule has 80 valence electrons. The lowest BCUT2D eigenvalue weighted by Crippen LogP contribution is -1.97. The standard InChI is InChI=1S/C14H18O/c1-2-3-12-15-13-8-7-11-14-9-5-4-6-10-14/h1,4-6,9-10H,3,7-8,11-13H2. The summed E-state index contributed by atoms with van der Waals surface area (Å²) >= 11 is 0. The van der Waals surface area contributed by atoms with Crippen LogP contribution in [0.15, 0.2) is 30.3 Å². The minimum Gasteiger partial charge on any atom is -0.380 e. The summed E-state index contributed by atoms with van der Waals surface area (Å²) in [7, 11) is 0. The van der Waals surface area contributed by atoms with Crippen molar-refractivity contribution in [1.82, 2.24) is 0 Å². The second kappa shape index (κ2) is 8.08. The molecule has 0 amide bonds. The zero-order chi connectivity index (χ0) is 10.8. The van der Waals surface area contributed by atoms with Crippen LogP contribution in [0.1, 0.15) is 24.8 Å². The summed E-state index contributed by atoms with van der Waals surface area (Å²) < 4.78 is 5.37. The molecule has 0 atom stereocenters. The van der Waals surface area contributed by atoms with Gasteiger partial charge in [0.05, 0.1) is 6.61 Å². The number of hydrogen-bond donors (Lipinski definition) is 0. The van der Waals surface area contributed by atoms with Crippen LogP contribution in [0.2, 0.25) is 0 Å². The SMILES string of the molecule is C#CCCOCCCCc1ccccc1. The first-order valence-corrected chi connectivity index (χ1v) is 5.48. The fourth-order valence-corrected chi connectivity index (χ4v) is 1.41. The van der Waals surface area contributed by atoms with E-state index in [4.69, 9.17) is 11.2 Å². The van der Waals surface area contributed by atoms with Crippen LogP contribution in [0, 0.1) is 12.3 Å². The Morgan fingerprint density at radius 2 is 1.87 bits per heavy atom. The minimum atomic E-state index is 0.696. The molecule has 0 spiro atoms. The average Bonchev–Trinajstić information content (AvgIpc) is 2.29. The van der Waals surface area contributed by atoms with Crippen LogP contribution in [0.3, 0.4) is 0 Å². The van der Waals surface area contributed by atoms with E-state index in [0.29, 0.717) is 6.61 Å². The fourth-order valence-electron chi connectivity index (χ4n) is 1.41. The molecular formula is C14H18O. The molecule has 0 saturated heterocycles. The van der Waals surface area contributed by atoms with Crippen molar-refractivity contribution in [2.45, 2.75) is 25.7 Å².